The third-order valence-corrected chi connectivity index (χ3v) is 3.53. The van der Waals surface area contributed by atoms with Gasteiger partial charge in [-0.25, -0.2) is 4.98 Å². The lowest BCUT2D eigenvalue weighted by Crippen LogP contribution is -1.99. The highest BCUT2D eigenvalue weighted by molar-refractivity contribution is 5.61. The maximum Gasteiger partial charge on any atom is 0.195 e. The van der Waals surface area contributed by atoms with Crippen LogP contribution in [0.2, 0.25) is 0 Å². The molecule has 0 N–H and O–H groups in total. The molecule has 20 heavy (non-hydrogen) atoms. The van der Waals surface area contributed by atoms with Crippen molar-refractivity contribution in [1.82, 2.24) is 4.98 Å². The first kappa shape index (κ1) is 12.9. The van der Waals surface area contributed by atoms with Crippen molar-refractivity contribution in [2.45, 2.75) is 32.1 Å². The third kappa shape index (κ3) is 2.60. The molecule has 0 fully saturated rings. The van der Waals surface area contributed by atoms with Crippen LogP contribution in [0.15, 0.2) is 59.1 Å². The number of benzene rings is 1. The van der Waals surface area contributed by atoms with Crippen LogP contribution in [0.4, 0.5) is 0 Å². The van der Waals surface area contributed by atoms with Crippen molar-refractivity contribution in [3.63, 3.8) is 0 Å². The first-order chi connectivity index (χ1) is 9.88. The number of allylic oxidation sites excluding steroid dienone is 4. The van der Waals surface area contributed by atoms with Crippen molar-refractivity contribution in [3.8, 4) is 11.3 Å². The van der Waals surface area contributed by atoms with Crippen LogP contribution in [0, 0.1) is 0 Å². The van der Waals surface area contributed by atoms with Crippen molar-refractivity contribution in [2.75, 3.05) is 0 Å². The molecule has 0 saturated heterocycles. The second kappa shape index (κ2) is 5.91. The quantitative estimate of drug-likeness (QED) is 0.786. The zero-order valence-corrected chi connectivity index (χ0v) is 11.8. The number of rotatable bonds is 4. The van der Waals surface area contributed by atoms with Crippen LogP contribution in [0.1, 0.15) is 37.3 Å². The average molecular weight is 265 g/mol. The van der Waals surface area contributed by atoms with E-state index in [0.29, 0.717) is 5.92 Å². The molecular weight excluding hydrogens is 246 g/mol. The lowest BCUT2D eigenvalue weighted by atomic mass is 9.94. The zero-order valence-electron chi connectivity index (χ0n) is 11.8. The Morgan fingerprint density at radius 1 is 1.20 bits per heavy atom. The van der Waals surface area contributed by atoms with Crippen molar-refractivity contribution >= 4 is 0 Å². The highest BCUT2D eigenvalue weighted by Gasteiger charge is 2.21. The second-order valence-corrected chi connectivity index (χ2v) is 5.09. The molecule has 2 nitrogen and oxygen atoms in total. The van der Waals surface area contributed by atoms with E-state index >= 15 is 0 Å². The lowest BCUT2D eigenvalue weighted by Gasteiger charge is -2.11. The normalized spacial score (nSPS) is 17.6. The van der Waals surface area contributed by atoms with Gasteiger partial charge in [0.1, 0.15) is 0 Å². The Balaban J connectivity index is 2.02. The van der Waals surface area contributed by atoms with Crippen molar-refractivity contribution in [3.05, 3.63) is 66.2 Å². The SMILES string of the molecule is CCCc1nc(C2C=CC=CC2)c(-c2ccccc2)o1. The van der Waals surface area contributed by atoms with Crippen LogP contribution < -0.4 is 0 Å². The Kier molecular flexibility index (Phi) is 3.82. The van der Waals surface area contributed by atoms with Gasteiger partial charge < -0.3 is 4.42 Å². The summed E-state index contributed by atoms with van der Waals surface area (Å²) in [5.74, 6) is 2.10. The summed E-state index contributed by atoms with van der Waals surface area (Å²) < 4.78 is 6.03. The Morgan fingerprint density at radius 3 is 2.75 bits per heavy atom. The molecule has 1 heterocycles. The first-order valence-electron chi connectivity index (χ1n) is 7.27. The lowest BCUT2D eigenvalue weighted by molar-refractivity contribution is 0.502. The van der Waals surface area contributed by atoms with E-state index in [0.717, 1.165) is 42.2 Å². The molecule has 2 aromatic rings. The number of hydrogen-bond donors (Lipinski definition) is 0. The molecule has 0 spiro atoms. The number of aromatic nitrogens is 1. The summed E-state index contributed by atoms with van der Waals surface area (Å²) >= 11 is 0. The van der Waals surface area contributed by atoms with Gasteiger partial charge >= 0.3 is 0 Å². The Hall–Kier alpha value is -2.09. The van der Waals surface area contributed by atoms with Gasteiger partial charge in [-0.1, -0.05) is 61.6 Å². The molecule has 1 unspecified atom stereocenters. The van der Waals surface area contributed by atoms with Crippen LogP contribution in [0.3, 0.4) is 0 Å². The zero-order chi connectivity index (χ0) is 13.8. The van der Waals surface area contributed by atoms with Gasteiger partial charge in [0, 0.05) is 17.9 Å². The van der Waals surface area contributed by atoms with Gasteiger partial charge in [-0.05, 0) is 12.8 Å². The molecule has 2 heteroatoms. The van der Waals surface area contributed by atoms with Crippen LogP contribution in [-0.2, 0) is 6.42 Å². The fourth-order valence-corrected chi connectivity index (χ4v) is 2.53. The van der Waals surface area contributed by atoms with Crippen LogP contribution in [0.25, 0.3) is 11.3 Å². The summed E-state index contributed by atoms with van der Waals surface area (Å²) in [4.78, 5) is 4.75. The largest absolute Gasteiger partial charge is 0.440 e. The van der Waals surface area contributed by atoms with E-state index in [1.165, 1.54) is 0 Å². The highest BCUT2D eigenvalue weighted by Crippen LogP contribution is 2.34. The molecule has 102 valence electrons. The molecule has 1 atom stereocenters. The number of nitrogens with zero attached hydrogens (tertiary/aromatic N) is 1. The Morgan fingerprint density at radius 2 is 2.05 bits per heavy atom. The van der Waals surface area contributed by atoms with E-state index in [-0.39, 0.29) is 0 Å². The smallest absolute Gasteiger partial charge is 0.195 e. The molecule has 0 radical (unpaired) electrons. The van der Waals surface area contributed by atoms with E-state index < -0.39 is 0 Å². The molecule has 1 aliphatic carbocycles. The molecule has 0 bridgehead atoms. The fraction of sp³-hybridized carbons (Fsp3) is 0.278. The summed E-state index contributed by atoms with van der Waals surface area (Å²) in [6.07, 6.45) is 11.5. The molecule has 0 aliphatic heterocycles. The van der Waals surface area contributed by atoms with E-state index in [1.54, 1.807) is 0 Å². The molecule has 0 amide bonds. The van der Waals surface area contributed by atoms with Gasteiger partial charge in [-0.3, -0.25) is 0 Å². The van der Waals surface area contributed by atoms with Gasteiger partial charge in [0.25, 0.3) is 0 Å². The van der Waals surface area contributed by atoms with Crippen LogP contribution in [0.5, 0.6) is 0 Å². The average Bonchev–Trinajstić information content (AvgIpc) is 2.93. The van der Waals surface area contributed by atoms with Gasteiger partial charge in [-0.2, -0.15) is 0 Å². The van der Waals surface area contributed by atoms with Crippen LogP contribution >= 0.6 is 0 Å². The maximum absolute atomic E-state index is 6.03. The predicted molar refractivity (Wildman–Crippen MR) is 81.6 cm³/mol. The second-order valence-electron chi connectivity index (χ2n) is 5.09. The summed E-state index contributed by atoms with van der Waals surface area (Å²) in [6, 6.07) is 10.3. The van der Waals surface area contributed by atoms with Gasteiger partial charge in [0.2, 0.25) is 0 Å². The minimum Gasteiger partial charge on any atom is -0.440 e. The fourth-order valence-electron chi connectivity index (χ4n) is 2.53. The molecule has 1 aromatic heterocycles. The van der Waals surface area contributed by atoms with E-state index in [4.69, 9.17) is 9.40 Å². The first-order valence-corrected chi connectivity index (χ1v) is 7.27. The van der Waals surface area contributed by atoms with Gasteiger partial charge in [0.05, 0.1) is 5.69 Å². The maximum atomic E-state index is 6.03. The topological polar surface area (TPSA) is 26.0 Å². The summed E-state index contributed by atoms with van der Waals surface area (Å²) in [5.41, 5.74) is 2.18. The predicted octanol–water partition coefficient (Wildman–Crippen LogP) is 4.89. The molecule has 1 aliphatic rings. The molecular formula is C18H19NO. The standard InChI is InChI=1S/C18H19NO/c1-2-9-16-19-17(14-10-5-3-6-11-14)18(20-16)15-12-7-4-8-13-15/h3-8,10,12-14H,2,9,11H2,1H3. The number of oxazole rings is 1. The number of hydrogen-bond acceptors (Lipinski definition) is 2. The Bertz CT molecular complexity index is 622. The van der Waals surface area contributed by atoms with E-state index in [1.807, 2.05) is 18.2 Å². The Labute approximate surface area is 119 Å². The van der Waals surface area contributed by atoms with Gasteiger partial charge in [0.15, 0.2) is 11.7 Å². The highest BCUT2D eigenvalue weighted by atomic mass is 16.4. The summed E-state index contributed by atoms with van der Waals surface area (Å²) in [7, 11) is 0. The van der Waals surface area contributed by atoms with E-state index in [9.17, 15) is 0 Å². The summed E-state index contributed by atoms with van der Waals surface area (Å²) in [6.45, 7) is 2.15. The molecule has 1 aromatic carbocycles. The molecule has 0 saturated carbocycles. The minimum absolute atomic E-state index is 0.324. The van der Waals surface area contributed by atoms with Crippen LogP contribution in [-0.4, -0.2) is 4.98 Å². The van der Waals surface area contributed by atoms with Crippen molar-refractivity contribution in [2.24, 2.45) is 0 Å². The number of aryl methyl sites for hydroxylation is 1. The van der Waals surface area contributed by atoms with Crippen molar-refractivity contribution < 1.29 is 4.42 Å². The monoisotopic (exact) mass is 265 g/mol. The van der Waals surface area contributed by atoms with Crippen molar-refractivity contribution in [1.29, 1.82) is 0 Å². The molecule has 3 rings (SSSR count). The van der Waals surface area contributed by atoms with Gasteiger partial charge in [-0.15, -0.1) is 0 Å². The van der Waals surface area contributed by atoms with E-state index in [2.05, 4.69) is 43.4 Å². The summed E-state index contributed by atoms with van der Waals surface area (Å²) in [5, 5.41) is 0. The third-order valence-electron chi connectivity index (χ3n) is 3.53. The minimum atomic E-state index is 0.324.